The number of nitrogens with zero attached hydrogens (tertiary/aromatic N) is 3. The van der Waals surface area contributed by atoms with Crippen LogP contribution in [0.1, 0.15) is 38.3 Å². The number of amides is 3. The van der Waals surface area contributed by atoms with Gasteiger partial charge in [0.25, 0.3) is 17.5 Å². The predicted molar refractivity (Wildman–Crippen MR) is 163 cm³/mol. The number of imide groups is 1. The summed E-state index contributed by atoms with van der Waals surface area (Å²) in [5.74, 6) is -2.63. The van der Waals surface area contributed by atoms with Crippen LogP contribution in [-0.4, -0.2) is 35.2 Å². The van der Waals surface area contributed by atoms with E-state index in [1.165, 1.54) is 29.2 Å². The first-order valence-corrected chi connectivity index (χ1v) is 15.1. The molecule has 0 aromatic heterocycles. The van der Waals surface area contributed by atoms with E-state index >= 15 is 0 Å². The van der Waals surface area contributed by atoms with Crippen LogP contribution in [0.15, 0.2) is 54.3 Å². The van der Waals surface area contributed by atoms with Gasteiger partial charge >= 0.3 is 5.97 Å². The number of hydrogen-bond acceptors (Lipinski definition) is 7. The van der Waals surface area contributed by atoms with Gasteiger partial charge in [0.1, 0.15) is 5.75 Å². The van der Waals surface area contributed by atoms with Gasteiger partial charge in [-0.3, -0.25) is 29.3 Å². The largest absolute Gasteiger partial charge is 0.426 e. The van der Waals surface area contributed by atoms with Crippen LogP contribution in [0.5, 0.6) is 5.75 Å². The summed E-state index contributed by atoms with van der Waals surface area (Å²) in [5, 5.41) is 11.3. The van der Waals surface area contributed by atoms with E-state index < -0.39 is 28.6 Å². The Bertz CT molecular complexity index is 1680. The SMILES string of the molecule is Cc1cc(OC(=O)[C@@H]2CC(=O)N(c3ccc(C)c([N+](=O)[O-])c3)C2)ccc1N1C(=O)c2c(Br)c(Br)c(Br)c(Br)c2C1=O. The summed E-state index contributed by atoms with van der Waals surface area (Å²) >= 11 is 13.6. The zero-order valence-corrected chi connectivity index (χ0v) is 27.5. The second-order valence-electron chi connectivity index (χ2n) is 9.45. The first kappa shape index (κ1) is 29.5. The van der Waals surface area contributed by atoms with E-state index in [-0.39, 0.29) is 41.4 Å². The topological polar surface area (TPSA) is 127 Å². The van der Waals surface area contributed by atoms with Crippen molar-refractivity contribution in [1.29, 1.82) is 0 Å². The molecule has 210 valence electrons. The Kier molecular flexibility index (Phi) is 7.96. The number of carbonyl (C=O) groups excluding carboxylic acids is 4. The maximum absolute atomic E-state index is 13.3. The molecule has 3 amide bonds. The third kappa shape index (κ3) is 5.04. The van der Waals surface area contributed by atoms with Crippen molar-refractivity contribution in [2.45, 2.75) is 20.3 Å². The third-order valence-corrected chi connectivity index (χ3v) is 11.7. The van der Waals surface area contributed by atoms with Gasteiger partial charge in [0.15, 0.2) is 0 Å². The minimum Gasteiger partial charge on any atom is -0.426 e. The van der Waals surface area contributed by atoms with Gasteiger partial charge in [0.05, 0.1) is 33.3 Å². The molecular formula is C27H17Br4N3O7. The lowest BCUT2D eigenvalue weighted by Gasteiger charge is -2.18. The van der Waals surface area contributed by atoms with Crippen LogP contribution in [0.4, 0.5) is 17.1 Å². The number of anilines is 2. The lowest BCUT2D eigenvalue weighted by atomic mass is 10.1. The second kappa shape index (κ2) is 11.0. The Morgan fingerprint density at radius 1 is 0.902 bits per heavy atom. The highest BCUT2D eigenvalue weighted by molar-refractivity contribution is 9.15. The maximum atomic E-state index is 13.3. The number of esters is 1. The number of nitro benzene ring substituents is 1. The molecule has 2 heterocycles. The summed E-state index contributed by atoms with van der Waals surface area (Å²) in [4.78, 5) is 65.5. The number of rotatable bonds is 5. The van der Waals surface area contributed by atoms with Crippen LogP contribution >= 0.6 is 63.7 Å². The van der Waals surface area contributed by atoms with Crippen LogP contribution in [-0.2, 0) is 9.59 Å². The molecule has 0 spiro atoms. The number of hydrogen-bond donors (Lipinski definition) is 0. The fraction of sp³-hybridized carbons (Fsp3) is 0.185. The minimum absolute atomic E-state index is 0.0128. The molecule has 0 unspecified atom stereocenters. The first-order valence-electron chi connectivity index (χ1n) is 11.9. The second-order valence-corrected chi connectivity index (χ2v) is 12.6. The van der Waals surface area contributed by atoms with Crippen LogP contribution in [0.2, 0.25) is 0 Å². The Morgan fingerprint density at radius 2 is 1.51 bits per heavy atom. The summed E-state index contributed by atoms with van der Waals surface area (Å²) < 4.78 is 7.58. The summed E-state index contributed by atoms with van der Waals surface area (Å²) in [7, 11) is 0. The lowest BCUT2D eigenvalue weighted by Crippen LogP contribution is -2.30. The van der Waals surface area contributed by atoms with Gasteiger partial charge < -0.3 is 9.64 Å². The molecule has 2 aliphatic rings. The van der Waals surface area contributed by atoms with Crippen molar-refractivity contribution in [3.63, 3.8) is 0 Å². The van der Waals surface area contributed by atoms with Gasteiger partial charge in [-0.05, 0) is 107 Å². The fourth-order valence-electron chi connectivity index (χ4n) is 4.79. The van der Waals surface area contributed by atoms with Gasteiger partial charge in [0.2, 0.25) is 5.91 Å². The van der Waals surface area contributed by atoms with Crippen LogP contribution < -0.4 is 14.5 Å². The minimum atomic E-state index is -0.786. The van der Waals surface area contributed by atoms with Crippen molar-refractivity contribution in [1.82, 2.24) is 0 Å². The summed E-state index contributed by atoms with van der Waals surface area (Å²) in [5.41, 5.74) is 1.93. The van der Waals surface area contributed by atoms with E-state index in [1.54, 1.807) is 26.0 Å². The predicted octanol–water partition coefficient (Wildman–Crippen LogP) is 7.02. The van der Waals surface area contributed by atoms with Crippen molar-refractivity contribution >= 4 is 104 Å². The van der Waals surface area contributed by atoms with Gasteiger partial charge in [-0.15, -0.1) is 0 Å². The molecular weight excluding hydrogens is 798 g/mol. The number of halogens is 4. The molecule has 1 atom stereocenters. The van der Waals surface area contributed by atoms with E-state index in [0.717, 1.165) is 4.90 Å². The quantitative estimate of drug-likeness (QED) is 0.0516. The van der Waals surface area contributed by atoms with Crippen LogP contribution in [0.25, 0.3) is 0 Å². The number of ether oxygens (including phenoxy) is 1. The van der Waals surface area contributed by atoms with Gasteiger partial charge in [-0.2, -0.15) is 0 Å². The molecule has 10 nitrogen and oxygen atoms in total. The molecule has 5 rings (SSSR count). The zero-order chi connectivity index (χ0) is 29.9. The Balaban J connectivity index is 1.34. The molecule has 3 aromatic rings. The van der Waals surface area contributed by atoms with E-state index in [1.807, 2.05) is 0 Å². The Hall–Kier alpha value is -2.94. The third-order valence-electron chi connectivity index (χ3n) is 6.89. The normalized spacial score (nSPS) is 16.4. The number of nitro groups is 1. The van der Waals surface area contributed by atoms with E-state index in [9.17, 15) is 29.3 Å². The fourth-order valence-corrected chi connectivity index (χ4v) is 7.24. The number of fused-ring (bicyclic) bond motifs is 1. The van der Waals surface area contributed by atoms with Crippen molar-refractivity contribution < 1.29 is 28.8 Å². The van der Waals surface area contributed by atoms with E-state index in [4.69, 9.17) is 4.74 Å². The lowest BCUT2D eigenvalue weighted by molar-refractivity contribution is -0.385. The molecule has 0 saturated carbocycles. The highest BCUT2D eigenvalue weighted by atomic mass is 79.9. The molecule has 0 bridgehead atoms. The zero-order valence-electron chi connectivity index (χ0n) is 21.2. The molecule has 2 aliphatic heterocycles. The molecule has 0 radical (unpaired) electrons. The molecule has 0 N–H and O–H groups in total. The molecule has 0 aliphatic carbocycles. The summed E-state index contributed by atoms with van der Waals surface area (Å²) in [6.07, 6.45) is -0.110. The molecule has 1 saturated heterocycles. The average Bonchev–Trinajstić information content (AvgIpc) is 3.43. The number of carbonyl (C=O) groups is 4. The smallest absolute Gasteiger partial charge is 0.316 e. The molecule has 3 aromatic carbocycles. The van der Waals surface area contributed by atoms with Crippen LogP contribution in [0.3, 0.4) is 0 Å². The van der Waals surface area contributed by atoms with Crippen molar-refractivity contribution in [3.05, 3.63) is 86.7 Å². The molecule has 1 fully saturated rings. The number of benzene rings is 3. The Morgan fingerprint density at radius 3 is 2.07 bits per heavy atom. The van der Waals surface area contributed by atoms with Crippen LogP contribution in [0, 0.1) is 29.9 Å². The van der Waals surface area contributed by atoms with Gasteiger partial charge in [-0.25, -0.2) is 4.90 Å². The maximum Gasteiger partial charge on any atom is 0.316 e. The standard InChI is InChI=1S/C27H17Br4N3O7/c1-11-3-4-14(9-17(11)34(39)40)32-10-13(8-18(32)35)27(38)41-15-5-6-16(12(2)7-15)33-25(36)19-20(26(33)37)22(29)24(31)23(30)21(19)28/h3-7,9,13H,8,10H2,1-2H3/t13-/m1/s1. The van der Waals surface area contributed by atoms with Gasteiger partial charge in [-0.1, -0.05) is 6.07 Å². The summed E-state index contributed by atoms with van der Waals surface area (Å²) in [6.45, 7) is 3.29. The molecule has 41 heavy (non-hydrogen) atoms. The van der Waals surface area contributed by atoms with E-state index in [2.05, 4.69) is 63.7 Å². The van der Waals surface area contributed by atoms with Crippen molar-refractivity contribution in [2.75, 3.05) is 16.3 Å². The highest BCUT2D eigenvalue weighted by Gasteiger charge is 2.42. The monoisotopic (exact) mass is 811 g/mol. The average molecular weight is 815 g/mol. The van der Waals surface area contributed by atoms with E-state index in [0.29, 0.717) is 40.4 Å². The van der Waals surface area contributed by atoms with Gasteiger partial charge in [0, 0.05) is 42.5 Å². The first-order chi connectivity index (χ1) is 19.3. The summed E-state index contributed by atoms with van der Waals surface area (Å²) in [6, 6.07) is 8.99. The number of aryl methyl sites for hydroxylation is 2. The Labute approximate surface area is 266 Å². The van der Waals surface area contributed by atoms with Crippen molar-refractivity contribution in [2.24, 2.45) is 5.92 Å². The molecule has 14 heteroatoms. The van der Waals surface area contributed by atoms with Crippen molar-refractivity contribution in [3.8, 4) is 5.75 Å². The highest BCUT2D eigenvalue weighted by Crippen LogP contribution is 2.46.